The van der Waals surface area contributed by atoms with Gasteiger partial charge in [0.05, 0.1) is 7.11 Å². The zero-order valence-corrected chi connectivity index (χ0v) is 15.7. The Hall–Kier alpha value is -1.88. The van der Waals surface area contributed by atoms with Crippen LogP contribution in [-0.2, 0) is 6.42 Å². The molecule has 1 aromatic carbocycles. The molecule has 1 aromatic heterocycles. The Labute approximate surface area is 155 Å². The van der Waals surface area contributed by atoms with Crippen LogP contribution in [0.15, 0.2) is 28.8 Å². The maximum atomic E-state index is 5.47. The molecule has 0 unspecified atom stereocenters. The molecule has 2 aliphatic rings. The molecule has 2 aromatic rings. The normalized spacial score (nSPS) is 20.3. The fourth-order valence-electron chi connectivity index (χ4n) is 4.41. The van der Waals surface area contributed by atoms with Crippen LogP contribution in [0.2, 0.25) is 0 Å². The zero-order chi connectivity index (χ0) is 17.8. The van der Waals surface area contributed by atoms with E-state index in [0.29, 0.717) is 11.8 Å². The van der Waals surface area contributed by atoms with Gasteiger partial charge >= 0.3 is 0 Å². The number of likely N-dealkylation sites (tertiary alicyclic amines) is 1. The Morgan fingerprint density at radius 2 is 1.77 bits per heavy atom. The molecule has 26 heavy (non-hydrogen) atoms. The van der Waals surface area contributed by atoms with Gasteiger partial charge in [-0.3, -0.25) is 0 Å². The highest BCUT2D eigenvalue weighted by atomic mass is 16.5. The van der Waals surface area contributed by atoms with Gasteiger partial charge in [-0.2, -0.15) is 4.98 Å². The first-order valence-electron chi connectivity index (χ1n) is 10.0. The summed E-state index contributed by atoms with van der Waals surface area (Å²) >= 11 is 0. The van der Waals surface area contributed by atoms with Gasteiger partial charge < -0.3 is 14.2 Å². The molecule has 2 fully saturated rings. The third-order valence-electron chi connectivity index (χ3n) is 6.02. The van der Waals surface area contributed by atoms with Crippen molar-refractivity contribution in [1.29, 1.82) is 0 Å². The molecule has 4 rings (SSSR count). The molecule has 0 radical (unpaired) electrons. The van der Waals surface area contributed by atoms with Crippen molar-refractivity contribution in [2.24, 2.45) is 5.92 Å². The van der Waals surface area contributed by atoms with E-state index in [0.717, 1.165) is 29.6 Å². The molecule has 1 aliphatic heterocycles. The minimum Gasteiger partial charge on any atom is -0.497 e. The molecule has 2 heterocycles. The van der Waals surface area contributed by atoms with E-state index in [2.05, 4.69) is 15.0 Å². The second-order valence-corrected chi connectivity index (χ2v) is 7.72. The quantitative estimate of drug-likeness (QED) is 0.799. The number of piperidine rings is 1. The monoisotopic (exact) mass is 355 g/mol. The minimum absolute atomic E-state index is 0.599. The summed E-state index contributed by atoms with van der Waals surface area (Å²) < 4.78 is 10.7. The van der Waals surface area contributed by atoms with E-state index < -0.39 is 0 Å². The zero-order valence-electron chi connectivity index (χ0n) is 15.7. The lowest BCUT2D eigenvalue weighted by atomic mass is 9.89. The highest BCUT2D eigenvalue weighted by Gasteiger charge is 2.27. The van der Waals surface area contributed by atoms with Crippen molar-refractivity contribution >= 4 is 0 Å². The molecular weight excluding hydrogens is 326 g/mol. The van der Waals surface area contributed by atoms with Crippen LogP contribution in [0.25, 0.3) is 11.5 Å². The van der Waals surface area contributed by atoms with Gasteiger partial charge in [0.2, 0.25) is 0 Å². The van der Waals surface area contributed by atoms with E-state index in [-0.39, 0.29) is 0 Å². The van der Waals surface area contributed by atoms with Crippen molar-refractivity contribution in [2.45, 2.75) is 57.4 Å². The van der Waals surface area contributed by atoms with Crippen LogP contribution < -0.4 is 4.74 Å². The molecule has 0 spiro atoms. The van der Waals surface area contributed by atoms with Gasteiger partial charge in [-0.15, -0.1) is 0 Å². The summed E-state index contributed by atoms with van der Waals surface area (Å²) in [7, 11) is 1.67. The average Bonchev–Trinajstić information content (AvgIpc) is 3.18. The summed E-state index contributed by atoms with van der Waals surface area (Å²) in [5.41, 5.74) is 0.941. The molecule has 1 saturated carbocycles. The number of ether oxygens (including phenoxy) is 1. The van der Waals surface area contributed by atoms with Crippen LogP contribution in [0.1, 0.15) is 50.8 Å². The molecule has 0 atom stereocenters. The third kappa shape index (κ3) is 4.09. The summed E-state index contributed by atoms with van der Waals surface area (Å²) in [4.78, 5) is 7.34. The topological polar surface area (TPSA) is 51.4 Å². The molecule has 5 nitrogen and oxygen atoms in total. The number of hydrogen-bond donors (Lipinski definition) is 0. The maximum absolute atomic E-state index is 5.47. The van der Waals surface area contributed by atoms with Crippen LogP contribution >= 0.6 is 0 Å². The molecule has 1 aliphatic carbocycles. The van der Waals surface area contributed by atoms with E-state index in [4.69, 9.17) is 9.26 Å². The van der Waals surface area contributed by atoms with E-state index in [1.165, 1.54) is 58.0 Å². The van der Waals surface area contributed by atoms with Gasteiger partial charge in [-0.25, -0.2) is 0 Å². The predicted molar refractivity (Wildman–Crippen MR) is 101 cm³/mol. The third-order valence-corrected chi connectivity index (χ3v) is 6.02. The Morgan fingerprint density at radius 1 is 1.04 bits per heavy atom. The van der Waals surface area contributed by atoms with Crippen molar-refractivity contribution in [1.82, 2.24) is 15.0 Å². The lowest BCUT2D eigenvalue weighted by Crippen LogP contribution is -2.42. The van der Waals surface area contributed by atoms with E-state index >= 15 is 0 Å². The molecule has 0 N–H and O–H groups in total. The first-order chi connectivity index (χ1) is 12.8. The van der Waals surface area contributed by atoms with Crippen molar-refractivity contribution in [2.75, 3.05) is 20.2 Å². The first-order valence-corrected chi connectivity index (χ1v) is 10.0. The Balaban J connectivity index is 1.30. The number of aromatic nitrogens is 2. The molecular formula is C21H29N3O2. The van der Waals surface area contributed by atoms with Crippen LogP contribution in [0.3, 0.4) is 0 Å². The summed E-state index contributed by atoms with van der Waals surface area (Å²) in [6, 6.07) is 8.59. The SMILES string of the molecule is COc1ccc(-c2nc(CC3CCN(C4CCCCC4)CC3)no2)cc1. The van der Waals surface area contributed by atoms with Gasteiger partial charge in [0.1, 0.15) is 5.75 Å². The lowest BCUT2D eigenvalue weighted by Gasteiger charge is -2.39. The van der Waals surface area contributed by atoms with Gasteiger partial charge in [0, 0.05) is 18.0 Å². The van der Waals surface area contributed by atoms with Crippen LogP contribution in [0, 0.1) is 5.92 Å². The van der Waals surface area contributed by atoms with Crippen LogP contribution in [-0.4, -0.2) is 41.3 Å². The van der Waals surface area contributed by atoms with Crippen molar-refractivity contribution in [3.63, 3.8) is 0 Å². The number of methoxy groups -OCH3 is 1. The number of hydrogen-bond acceptors (Lipinski definition) is 5. The Morgan fingerprint density at radius 3 is 2.46 bits per heavy atom. The van der Waals surface area contributed by atoms with Gasteiger partial charge in [0.15, 0.2) is 5.82 Å². The van der Waals surface area contributed by atoms with Crippen LogP contribution in [0.5, 0.6) is 5.75 Å². The van der Waals surface area contributed by atoms with Gasteiger partial charge in [-0.1, -0.05) is 24.4 Å². The fraction of sp³-hybridized carbons (Fsp3) is 0.619. The predicted octanol–water partition coefficient (Wildman–Crippen LogP) is 4.33. The number of rotatable bonds is 5. The van der Waals surface area contributed by atoms with E-state index in [1.54, 1.807) is 7.11 Å². The largest absolute Gasteiger partial charge is 0.497 e. The summed E-state index contributed by atoms with van der Waals surface area (Å²) in [5, 5.41) is 4.21. The van der Waals surface area contributed by atoms with Crippen LogP contribution in [0.4, 0.5) is 0 Å². The summed E-state index contributed by atoms with van der Waals surface area (Å²) in [6.45, 7) is 2.47. The Kier molecular flexibility index (Phi) is 5.54. The fourth-order valence-corrected chi connectivity index (χ4v) is 4.41. The summed E-state index contributed by atoms with van der Waals surface area (Å²) in [5.74, 6) is 2.95. The lowest BCUT2D eigenvalue weighted by molar-refractivity contribution is 0.106. The molecule has 1 saturated heterocycles. The van der Waals surface area contributed by atoms with Crippen molar-refractivity contribution in [3.05, 3.63) is 30.1 Å². The smallest absolute Gasteiger partial charge is 0.257 e. The Bertz CT molecular complexity index is 684. The number of nitrogens with zero attached hydrogens (tertiary/aromatic N) is 3. The van der Waals surface area contributed by atoms with Gasteiger partial charge in [0.25, 0.3) is 5.89 Å². The second kappa shape index (κ2) is 8.21. The van der Waals surface area contributed by atoms with Crippen molar-refractivity contribution < 1.29 is 9.26 Å². The number of benzene rings is 1. The van der Waals surface area contributed by atoms with Gasteiger partial charge in [-0.05, 0) is 69.0 Å². The molecule has 5 heteroatoms. The van der Waals surface area contributed by atoms with E-state index in [9.17, 15) is 0 Å². The maximum Gasteiger partial charge on any atom is 0.257 e. The average molecular weight is 355 g/mol. The second-order valence-electron chi connectivity index (χ2n) is 7.72. The molecule has 0 bridgehead atoms. The van der Waals surface area contributed by atoms with E-state index in [1.807, 2.05) is 24.3 Å². The highest BCUT2D eigenvalue weighted by Crippen LogP contribution is 2.28. The minimum atomic E-state index is 0.599. The molecule has 0 amide bonds. The standard InChI is InChI=1S/C21H29N3O2/c1-25-19-9-7-17(8-10-19)21-22-20(23-26-21)15-16-11-13-24(14-12-16)18-5-3-2-4-6-18/h7-10,16,18H,2-6,11-15H2,1H3. The molecule has 140 valence electrons. The van der Waals surface area contributed by atoms with Crippen molar-refractivity contribution in [3.8, 4) is 17.2 Å². The highest BCUT2D eigenvalue weighted by molar-refractivity contribution is 5.54. The first kappa shape index (κ1) is 17.5. The summed E-state index contributed by atoms with van der Waals surface area (Å²) in [6.07, 6.45) is 10.5.